The number of allylic oxidation sites excluding steroid dienone is 8. The monoisotopic (exact) mass is 845 g/mol. The van der Waals surface area contributed by atoms with E-state index in [1.165, 1.54) is 117 Å². The van der Waals surface area contributed by atoms with Gasteiger partial charge in [-0.2, -0.15) is 0 Å². The highest BCUT2D eigenvalue weighted by atomic mass is 16.3. The molecule has 2 nitrogen and oxygen atoms in total. The van der Waals surface area contributed by atoms with Crippen molar-refractivity contribution in [3.63, 3.8) is 0 Å². The third-order valence-corrected chi connectivity index (χ3v) is 15.7. The van der Waals surface area contributed by atoms with E-state index in [-0.39, 0.29) is 10.8 Å². The molecule has 8 aromatic carbocycles. The van der Waals surface area contributed by atoms with Crippen molar-refractivity contribution in [3.8, 4) is 33.4 Å². The summed E-state index contributed by atoms with van der Waals surface area (Å²) in [6.07, 6.45) is 13.6. The first kappa shape index (κ1) is 37.7. The van der Waals surface area contributed by atoms with Gasteiger partial charge in [-0.1, -0.05) is 184 Å². The average Bonchev–Trinajstić information content (AvgIpc) is 4.07. The Hall–Kier alpha value is -7.68. The van der Waals surface area contributed by atoms with Crippen LogP contribution in [-0.4, -0.2) is 0 Å². The highest BCUT2D eigenvalue weighted by Crippen LogP contribution is 2.65. The van der Waals surface area contributed by atoms with E-state index in [1.807, 2.05) is 0 Å². The summed E-state index contributed by atoms with van der Waals surface area (Å²) in [5.74, 6) is 0. The van der Waals surface area contributed by atoms with Gasteiger partial charge in [0.25, 0.3) is 0 Å². The van der Waals surface area contributed by atoms with E-state index in [4.69, 9.17) is 4.42 Å². The highest BCUT2D eigenvalue weighted by Gasteiger charge is 2.54. The maximum Gasteiger partial charge on any atom is 0.143 e. The number of benzene rings is 8. The van der Waals surface area contributed by atoms with Gasteiger partial charge >= 0.3 is 0 Å². The van der Waals surface area contributed by atoms with Gasteiger partial charge in [0.1, 0.15) is 11.2 Å². The molecule has 2 heteroatoms. The van der Waals surface area contributed by atoms with Gasteiger partial charge in [0.15, 0.2) is 0 Å². The van der Waals surface area contributed by atoms with Crippen LogP contribution in [0.15, 0.2) is 216 Å². The van der Waals surface area contributed by atoms with Gasteiger partial charge in [-0.3, -0.25) is 0 Å². The van der Waals surface area contributed by atoms with E-state index in [0.29, 0.717) is 0 Å². The number of anilines is 2. The molecule has 5 aliphatic carbocycles. The Balaban J connectivity index is 0.942. The topological polar surface area (TPSA) is 16.4 Å². The van der Waals surface area contributed by atoms with E-state index in [2.05, 4.69) is 219 Å². The van der Waals surface area contributed by atoms with E-state index >= 15 is 0 Å². The Kier molecular flexibility index (Phi) is 7.94. The molecule has 0 bridgehead atoms. The predicted octanol–water partition coefficient (Wildman–Crippen LogP) is 16.9. The molecule has 0 saturated carbocycles. The lowest BCUT2D eigenvalue weighted by Crippen LogP contribution is -2.27. The van der Waals surface area contributed by atoms with Crippen LogP contribution in [0, 0.1) is 0 Å². The van der Waals surface area contributed by atoms with Crippen molar-refractivity contribution in [1.29, 1.82) is 0 Å². The van der Waals surface area contributed by atoms with E-state index < -0.39 is 0 Å². The van der Waals surface area contributed by atoms with Gasteiger partial charge in [0.05, 0.1) is 11.1 Å². The SMILES string of the molecule is CC1(C)c2ccccc2-c2ccc(N(C3=CC=C(c4cccc5c4C4=C(CCC=C4)C54c5ccccc5-c5c4ccc4c5oc5ccccc54)CC3)c3ccccc3-c3ccccc3)cc21. The third kappa shape index (κ3) is 5.02. The fourth-order valence-corrected chi connectivity index (χ4v) is 12.9. The number of hydrogen-bond donors (Lipinski definition) is 0. The Morgan fingerprint density at radius 2 is 1.21 bits per heavy atom. The second-order valence-electron chi connectivity index (χ2n) is 19.3. The molecule has 0 amide bonds. The van der Waals surface area contributed by atoms with Crippen molar-refractivity contribution in [2.24, 2.45) is 0 Å². The first-order chi connectivity index (χ1) is 32.5. The molecular weight excluding hydrogens is 799 g/mol. The van der Waals surface area contributed by atoms with Crippen LogP contribution in [0.2, 0.25) is 0 Å². The van der Waals surface area contributed by atoms with Gasteiger partial charge in [0.2, 0.25) is 0 Å². The summed E-state index contributed by atoms with van der Waals surface area (Å²) in [6.45, 7) is 4.76. The zero-order valence-electron chi connectivity index (χ0n) is 37.2. The van der Waals surface area contributed by atoms with Gasteiger partial charge < -0.3 is 9.32 Å². The summed E-state index contributed by atoms with van der Waals surface area (Å²) in [5, 5.41) is 2.36. The summed E-state index contributed by atoms with van der Waals surface area (Å²) in [6, 6.07) is 65.5. The van der Waals surface area contributed by atoms with Crippen molar-refractivity contribution >= 4 is 44.5 Å². The second kappa shape index (κ2) is 13.9. The van der Waals surface area contributed by atoms with Crippen LogP contribution in [0.25, 0.3) is 66.5 Å². The number of rotatable bonds is 5. The Labute approximate surface area is 386 Å². The zero-order chi connectivity index (χ0) is 43.7. The third-order valence-electron chi connectivity index (χ3n) is 15.7. The van der Waals surface area contributed by atoms with Crippen LogP contribution in [0.5, 0.6) is 0 Å². The molecule has 14 rings (SSSR count). The molecule has 1 unspecified atom stereocenters. The summed E-state index contributed by atoms with van der Waals surface area (Å²) < 4.78 is 6.82. The van der Waals surface area contributed by atoms with Crippen LogP contribution in [0.4, 0.5) is 11.4 Å². The molecule has 0 aliphatic heterocycles. The van der Waals surface area contributed by atoms with Gasteiger partial charge in [-0.15, -0.1) is 0 Å². The summed E-state index contributed by atoms with van der Waals surface area (Å²) >= 11 is 0. The molecule has 1 heterocycles. The van der Waals surface area contributed by atoms with E-state index in [9.17, 15) is 0 Å². The van der Waals surface area contributed by atoms with Crippen LogP contribution in [0.3, 0.4) is 0 Å². The van der Waals surface area contributed by atoms with Crippen molar-refractivity contribution in [2.45, 2.75) is 50.4 Å². The molecule has 9 aromatic rings. The average molecular weight is 846 g/mol. The predicted molar refractivity (Wildman–Crippen MR) is 274 cm³/mol. The summed E-state index contributed by atoms with van der Waals surface area (Å²) in [5.41, 5.74) is 26.8. The fraction of sp³-hybridized carbons (Fsp3) is 0.125. The minimum absolute atomic E-state index is 0.106. The number of furan rings is 1. The lowest BCUT2D eigenvalue weighted by molar-refractivity contribution is 0.660. The maximum absolute atomic E-state index is 6.82. The van der Waals surface area contributed by atoms with E-state index in [0.717, 1.165) is 36.8 Å². The maximum atomic E-state index is 6.82. The number of nitrogens with zero attached hydrogens (tertiary/aromatic N) is 1. The van der Waals surface area contributed by atoms with Crippen LogP contribution in [0.1, 0.15) is 78.5 Å². The second-order valence-corrected chi connectivity index (χ2v) is 19.3. The molecule has 314 valence electrons. The van der Waals surface area contributed by atoms with Crippen molar-refractivity contribution < 1.29 is 4.42 Å². The normalized spacial score (nSPS) is 18.2. The molecule has 1 atom stereocenters. The molecular formula is C64H47NO. The minimum Gasteiger partial charge on any atom is -0.455 e. The van der Waals surface area contributed by atoms with Crippen LogP contribution < -0.4 is 4.90 Å². The lowest BCUT2D eigenvalue weighted by Gasteiger charge is -2.34. The molecule has 5 aliphatic rings. The summed E-state index contributed by atoms with van der Waals surface area (Å²) in [4.78, 5) is 2.55. The summed E-state index contributed by atoms with van der Waals surface area (Å²) in [7, 11) is 0. The Morgan fingerprint density at radius 1 is 0.500 bits per heavy atom. The molecule has 66 heavy (non-hydrogen) atoms. The van der Waals surface area contributed by atoms with Crippen molar-refractivity contribution in [1.82, 2.24) is 0 Å². The first-order valence-electron chi connectivity index (χ1n) is 23.7. The Morgan fingerprint density at radius 3 is 2.08 bits per heavy atom. The van der Waals surface area contributed by atoms with Crippen molar-refractivity contribution in [2.75, 3.05) is 4.90 Å². The number of fused-ring (bicyclic) bond motifs is 16. The quantitative estimate of drug-likeness (QED) is 0.172. The molecule has 1 aromatic heterocycles. The molecule has 1 spiro atoms. The standard InChI is InChI=1S/C64H47NO/c1-63(2)52-25-11-6-20-46(52)47-36-35-43(39-57(47)63)65(58-29-14-9-19-44(58)40-17-4-3-5-18-40)42-33-31-41(32-34-42)45-24-16-28-55-60(45)50-22-7-12-26-53(50)64(55)54-27-13-8-23-51(54)61-56(64)38-37-49-48-21-10-15-30-59(48)66-62(49)61/h3-11,13-25,27-31,33,35-39H,12,26,32,34H2,1-2H3. The first-order valence-corrected chi connectivity index (χ1v) is 23.7. The Bertz CT molecular complexity index is 3680. The van der Waals surface area contributed by atoms with E-state index in [1.54, 1.807) is 0 Å². The number of hydrogen-bond acceptors (Lipinski definition) is 2. The highest BCUT2D eigenvalue weighted by molar-refractivity contribution is 6.13. The zero-order valence-corrected chi connectivity index (χ0v) is 37.2. The van der Waals surface area contributed by atoms with Gasteiger partial charge in [0, 0.05) is 38.7 Å². The smallest absolute Gasteiger partial charge is 0.143 e. The molecule has 0 N–H and O–H groups in total. The molecule has 0 fully saturated rings. The molecule has 0 saturated heterocycles. The lowest BCUT2D eigenvalue weighted by atomic mass is 9.68. The van der Waals surface area contributed by atoms with Crippen LogP contribution >= 0.6 is 0 Å². The van der Waals surface area contributed by atoms with Gasteiger partial charge in [-0.25, -0.2) is 0 Å². The van der Waals surface area contributed by atoms with Crippen molar-refractivity contribution in [3.05, 3.63) is 250 Å². The molecule has 0 radical (unpaired) electrons. The van der Waals surface area contributed by atoms with Gasteiger partial charge in [-0.05, 0) is 134 Å². The minimum atomic E-state index is -0.389. The van der Waals surface area contributed by atoms with Crippen LogP contribution in [-0.2, 0) is 10.8 Å². The largest absolute Gasteiger partial charge is 0.455 e. The fourth-order valence-electron chi connectivity index (χ4n) is 12.9. The number of para-hydroxylation sites is 2.